The predicted octanol–water partition coefficient (Wildman–Crippen LogP) is 4.79. The van der Waals surface area contributed by atoms with E-state index in [1.54, 1.807) is 49.4 Å². The molecule has 0 aliphatic heterocycles. The van der Waals surface area contributed by atoms with Crippen LogP contribution in [0.15, 0.2) is 42.5 Å². The molecule has 10 heteroatoms. The highest BCUT2D eigenvalue weighted by Crippen LogP contribution is 2.29. The number of carbonyl (C=O) groups is 2. The zero-order chi connectivity index (χ0) is 26.3. The normalized spacial score (nSPS) is 13.1. The van der Waals surface area contributed by atoms with Crippen LogP contribution in [0.5, 0.6) is 0 Å². The van der Waals surface area contributed by atoms with Crippen LogP contribution in [-0.4, -0.2) is 50.0 Å². The van der Waals surface area contributed by atoms with Gasteiger partial charge in [0.2, 0.25) is 21.8 Å². The van der Waals surface area contributed by atoms with Crippen molar-refractivity contribution in [2.45, 2.75) is 59.2 Å². The van der Waals surface area contributed by atoms with Crippen LogP contribution in [0.1, 0.15) is 44.7 Å². The lowest BCUT2D eigenvalue weighted by atomic mass is 10.1. The Morgan fingerprint density at radius 1 is 1.00 bits per heavy atom. The molecule has 0 unspecified atom stereocenters. The number of benzene rings is 2. The average Bonchev–Trinajstić information content (AvgIpc) is 2.79. The van der Waals surface area contributed by atoms with Crippen LogP contribution in [-0.2, 0) is 26.2 Å². The van der Waals surface area contributed by atoms with Gasteiger partial charge in [-0.25, -0.2) is 8.42 Å². The van der Waals surface area contributed by atoms with Crippen molar-refractivity contribution in [3.05, 3.63) is 63.6 Å². The molecule has 2 aromatic rings. The van der Waals surface area contributed by atoms with Crippen molar-refractivity contribution in [1.29, 1.82) is 0 Å². The molecular formula is C25H33Cl2N3O4S. The van der Waals surface area contributed by atoms with E-state index in [0.29, 0.717) is 33.3 Å². The molecule has 0 saturated heterocycles. The van der Waals surface area contributed by atoms with E-state index in [9.17, 15) is 18.0 Å². The first kappa shape index (κ1) is 28.9. The molecule has 2 amide bonds. The molecule has 0 heterocycles. The summed E-state index contributed by atoms with van der Waals surface area (Å²) in [7, 11) is -3.84. The molecule has 35 heavy (non-hydrogen) atoms. The first-order valence-corrected chi connectivity index (χ1v) is 14.1. The van der Waals surface area contributed by atoms with Gasteiger partial charge in [-0.15, -0.1) is 0 Å². The van der Waals surface area contributed by atoms with Crippen molar-refractivity contribution in [3.8, 4) is 0 Å². The second kappa shape index (κ2) is 12.6. The van der Waals surface area contributed by atoms with E-state index in [1.807, 2.05) is 20.8 Å². The van der Waals surface area contributed by atoms with Gasteiger partial charge < -0.3 is 10.2 Å². The first-order valence-electron chi connectivity index (χ1n) is 11.5. The predicted molar refractivity (Wildman–Crippen MR) is 142 cm³/mol. The summed E-state index contributed by atoms with van der Waals surface area (Å²) in [5.41, 5.74) is 1.50. The van der Waals surface area contributed by atoms with Gasteiger partial charge in [-0.05, 0) is 56.0 Å². The molecule has 0 aromatic heterocycles. The zero-order valence-corrected chi connectivity index (χ0v) is 23.0. The van der Waals surface area contributed by atoms with Crippen LogP contribution in [0.4, 0.5) is 5.69 Å². The highest BCUT2D eigenvalue weighted by molar-refractivity contribution is 7.92. The number of carbonyl (C=O) groups excluding carboxylic acids is 2. The lowest BCUT2D eigenvalue weighted by Crippen LogP contribution is -2.53. The van der Waals surface area contributed by atoms with Crippen molar-refractivity contribution in [1.82, 2.24) is 10.2 Å². The molecule has 0 spiro atoms. The minimum atomic E-state index is -3.84. The minimum absolute atomic E-state index is 0.0526. The summed E-state index contributed by atoms with van der Waals surface area (Å²) < 4.78 is 26.5. The summed E-state index contributed by atoms with van der Waals surface area (Å²) >= 11 is 12.6. The molecule has 1 N–H and O–H groups in total. The van der Waals surface area contributed by atoms with Crippen molar-refractivity contribution < 1.29 is 18.0 Å². The molecule has 2 atom stereocenters. The van der Waals surface area contributed by atoms with Crippen LogP contribution in [0.3, 0.4) is 0 Å². The first-order chi connectivity index (χ1) is 16.4. The number of hydrogen-bond donors (Lipinski definition) is 1. The summed E-state index contributed by atoms with van der Waals surface area (Å²) in [6, 6.07) is 11.0. The van der Waals surface area contributed by atoms with Gasteiger partial charge in [-0.2, -0.15) is 0 Å². The van der Waals surface area contributed by atoms with E-state index in [1.165, 1.54) is 4.90 Å². The lowest BCUT2D eigenvalue weighted by molar-refractivity contribution is -0.140. The number of nitrogens with zero attached hydrogens (tertiary/aromatic N) is 2. The Balaban J connectivity index is 2.50. The van der Waals surface area contributed by atoms with Gasteiger partial charge in [0, 0.05) is 22.6 Å². The molecule has 2 rings (SSSR count). The van der Waals surface area contributed by atoms with E-state index >= 15 is 0 Å². The number of halogens is 2. The third kappa shape index (κ3) is 7.59. The van der Waals surface area contributed by atoms with Crippen LogP contribution in [0.25, 0.3) is 0 Å². The Kier molecular flexibility index (Phi) is 10.4. The summed E-state index contributed by atoms with van der Waals surface area (Å²) in [6.45, 7) is 6.90. The third-order valence-corrected chi connectivity index (χ3v) is 7.78. The molecule has 0 aliphatic carbocycles. The zero-order valence-electron chi connectivity index (χ0n) is 20.7. The van der Waals surface area contributed by atoms with Crippen LogP contribution < -0.4 is 9.62 Å². The number of sulfonamides is 1. The molecule has 0 fully saturated rings. The van der Waals surface area contributed by atoms with Crippen molar-refractivity contribution in [2.75, 3.05) is 17.1 Å². The van der Waals surface area contributed by atoms with Crippen LogP contribution in [0.2, 0.25) is 10.0 Å². The number of nitrogens with one attached hydrogen (secondary N) is 1. The van der Waals surface area contributed by atoms with E-state index in [-0.39, 0.29) is 18.5 Å². The van der Waals surface area contributed by atoms with E-state index in [0.717, 1.165) is 17.0 Å². The Bertz CT molecular complexity index is 1160. The van der Waals surface area contributed by atoms with Gasteiger partial charge in [0.15, 0.2) is 0 Å². The smallest absolute Gasteiger partial charge is 0.244 e. The van der Waals surface area contributed by atoms with E-state index < -0.39 is 28.5 Å². The van der Waals surface area contributed by atoms with Gasteiger partial charge in [0.05, 0.1) is 11.9 Å². The highest BCUT2D eigenvalue weighted by atomic mass is 35.5. The summed E-state index contributed by atoms with van der Waals surface area (Å²) in [6.07, 6.45) is 2.11. The Morgan fingerprint density at radius 2 is 1.63 bits per heavy atom. The summed E-state index contributed by atoms with van der Waals surface area (Å²) in [5.74, 6) is -0.826. The highest BCUT2D eigenvalue weighted by Gasteiger charge is 2.32. The van der Waals surface area contributed by atoms with Crippen LogP contribution >= 0.6 is 23.2 Å². The maximum Gasteiger partial charge on any atom is 0.244 e. The van der Waals surface area contributed by atoms with E-state index in [2.05, 4.69) is 5.32 Å². The fourth-order valence-corrected chi connectivity index (χ4v) is 4.90. The molecule has 0 bridgehead atoms. The fraction of sp³-hybridized carbons (Fsp3) is 0.440. The molecule has 0 aliphatic rings. The average molecular weight is 543 g/mol. The van der Waals surface area contributed by atoms with Crippen LogP contribution in [0, 0.1) is 6.92 Å². The summed E-state index contributed by atoms with van der Waals surface area (Å²) in [5, 5.41) is 3.77. The van der Waals surface area contributed by atoms with Crippen molar-refractivity contribution in [3.63, 3.8) is 0 Å². The SMILES string of the molecule is CC[C@@H](C)NC(=O)[C@@H](CC)N(Cc1ccccc1Cl)C(=O)CN(c1cccc(Cl)c1C)S(C)(=O)=O. The molecule has 0 radical (unpaired) electrons. The minimum Gasteiger partial charge on any atom is -0.352 e. The topological polar surface area (TPSA) is 86.8 Å². The van der Waals surface area contributed by atoms with Crippen molar-refractivity contribution >= 4 is 50.7 Å². The molecule has 192 valence electrons. The molecular weight excluding hydrogens is 509 g/mol. The maximum atomic E-state index is 13.7. The lowest BCUT2D eigenvalue weighted by Gasteiger charge is -2.34. The Hall–Kier alpha value is -2.29. The maximum absolute atomic E-state index is 13.7. The number of amides is 2. The quantitative estimate of drug-likeness (QED) is 0.443. The Morgan fingerprint density at radius 3 is 2.20 bits per heavy atom. The second-order valence-electron chi connectivity index (χ2n) is 8.51. The van der Waals surface area contributed by atoms with Gasteiger partial charge >= 0.3 is 0 Å². The van der Waals surface area contributed by atoms with E-state index in [4.69, 9.17) is 23.2 Å². The third-order valence-electron chi connectivity index (χ3n) is 5.87. The molecule has 7 nitrogen and oxygen atoms in total. The number of anilines is 1. The van der Waals surface area contributed by atoms with Gasteiger partial charge in [0.25, 0.3) is 0 Å². The Labute approximate surface area is 218 Å². The monoisotopic (exact) mass is 541 g/mol. The molecule has 0 saturated carbocycles. The number of hydrogen-bond acceptors (Lipinski definition) is 4. The van der Waals surface area contributed by atoms with Gasteiger partial charge in [-0.1, -0.05) is 61.3 Å². The largest absolute Gasteiger partial charge is 0.352 e. The van der Waals surface area contributed by atoms with Crippen molar-refractivity contribution in [2.24, 2.45) is 0 Å². The fourth-order valence-electron chi connectivity index (χ4n) is 3.63. The van der Waals surface area contributed by atoms with Gasteiger partial charge in [-0.3, -0.25) is 13.9 Å². The second-order valence-corrected chi connectivity index (χ2v) is 11.2. The number of rotatable bonds is 11. The summed E-state index contributed by atoms with van der Waals surface area (Å²) in [4.78, 5) is 28.2. The standard InChI is InChI=1S/C25H33Cl2N3O4S/c1-6-17(3)28-25(32)22(7-2)29(15-19-11-8-9-12-21(19)27)24(31)16-30(35(5,33)34)23-14-10-13-20(26)18(23)4/h8-14,17,22H,6-7,15-16H2,1-5H3,(H,28,32)/t17-,22-/m1/s1. The molecule has 2 aromatic carbocycles. The van der Waals surface area contributed by atoms with Gasteiger partial charge in [0.1, 0.15) is 12.6 Å².